The highest BCUT2D eigenvalue weighted by Crippen LogP contribution is 2.61. The highest BCUT2D eigenvalue weighted by molar-refractivity contribution is 5.85. The Labute approximate surface area is 215 Å². The molecule has 5 nitrogen and oxygen atoms in total. The number of carbonyl (C=O) groups excluding carboxylic acids is 1. The molecule has 0 aromatic heterocycles. The second-order valence-corrected chi connectivity index (χ2v) is 10.4. The number of carbonyl (C=O) groups is 1. The van der Waals surface area contributed by atoms with Crippen molar-refractivity contribution in [1.82, 2.24) is 0 Å². The minimum atomic E-state index is -0.396. The summed E-state index contributed by atoms with van der Waals surface area (Å²) in [6, 6.07) is 15.1. The van der Waals surface area contributed by atoms with E-state index in [9.17, 15) is 4.79 Å². The molecule has 2 bridgehead atoms. The minimum Gasteiger partial charge on any atom is -1.00 e. The molecule has 3 aliphatic rings. The number of fused-ring (bicyclic) bond motifs is 1. The summed E-state index contributed by atoms with van der Waals surface area (Å²) in [6.45, 7) is 3.86. The Hall–Kier alpha value is -2.08. The largest absolute Gasteiger partial charge is 1.00 e. The van der Waals surface area contributed by atoms with Gasteiger partial charge in [0.25, 0.3) is 0 Å². The van der Waals surface area contributed by atoms with Crippen LogP contribution in [0.1, 0.15) is 49.3 Å². The summed E-state index contributed by atoms with van der Waals surface area (Å²) >= 11 is 0. The maximum absolute atomic E-state index is 13.3. The second-order valence-electron chi connectivity index (χ2n) is 10.4. The van der Waals surface area contributed by atoms with E-state index in [1.807, 2.05) is 6.07 Å². The lowest BCUT2D eigenvalue weighted by Crippen LogP contribution is -3.19. The molecule has 1 saturated carbocycles. The van der Waals surface area contributed by atoms with Gasteiger partial charge < -0.3 is 31.5 Å². The summed E-state index contributed by atoms with van der Waals surface area (Å²) in [6.07, 6.45) is 5.19. The molecule has 35 heavy (non-hydrogen) atoms. The van der Waals surface area contributed by atoms with Crippen molar-refractivity contribution in [2.45, 2.75) is 62.5 Å². The van der Waals surface area contributed by atoms with Gasteiger partial charge in [-0.3, -0.25) is 4.79 Å². The maximum Gasteiger partial charge on any atom is 0.164 e. The van der Waals surface area contributed by atoms with Gasteiger partial charge in [-0.05, 0) is 36.5 Å². The highest BCUT2D eigenvalue weighted by atomic mass is 35.5. The van der Waals surface area contributed by atoms with Crippen LogP contribution >= 0.6 is 0 Å². The molecule has 1 N–H and O–H groups in total. The number of ether oxygens (including phenoxy) is 3. The monoisotopic (exact) mass is 499 g/mol. The zero-order valence-corrected chi connectivity index (χ0v) is 22.1. The van der Waals surface area contributed by atoms with Gasteiger partial charge in [-0.2, -0.15) is 0 Å². The molecule has 1 aliphatic heterocycles. The fourth-order valence-corrected chi connectivity index (χ4v) is 7.49. The topological polar surface area (TPSA) is 49.2 Å². The number of quaternary nitrogens is 1. The first-order valence-electron chi connectivity index (χ1n) is 12.8. The van der Waals surface area contributed by atoms with Crippen molar-refractivity contribution in [2.75, 3.05) is 34.4 Å². The van der Waals surface area contributed by atoms with E-state index in [0.717, 1.165) is 50.1 Å². The van der Waals surface area contributed by atoms with Crippen LogP contribution in [0, 0.1) is 5.92 Å². The molecule has 1 saturated heterocycles. The van der Waals surface area contributed by atoms with Crippen LogP contribution in [0.2, 0.25) is 0 Å². The number of ketones is 1. The van der Waals surface area contributed by atoms with Gasteiger partial charge in [0.2, 0.25) is 0 Å². The van der Waals surface area contributed by atoms with Crippen molar-refractivity contribution in [3.63, 3.8) is 0 Å². The molecule has 2 aliphatic carbocycles. The molecule has 0 radical (unpaired) electrons. The fourth-order valence-electron chi connectivity index (χ4n) is 7.49. The molecule has 1 unspecified atom stereocenters. The Morgan fingerprint density at radius 1 is 1.06 bits per heavy atom. The third kappa shape index (κ3) is 3.87. The van der Waals surface area contributed by atoms with E-state index in [1.165, 1.54) is 21.6 Å². The first-order chi connectivity index (χ1) is 16.5. The van der Waals surface area contributed by atoms with E-state index in [0.29, 0.717) is 24.9 Å². The average Bonchev–Trinajstić information content (AvgIpc) is 2.86. The van der Waals surface area contributed by atoms with E-state index in [-0.39, 0.29) is 23.9 Å². The third-order valence-electron chi connectivity index (χ3n) is 9.11. The second kappa shape index (κ2) is 10.1. The van der Waals surface area contributed by atoms with Gasteiger partial charge in [-0.25, -0.2) is 0 Å². The molecule has 190 valence electrons. The number of benzene rings is 2. The number of nitrogens with one attached hydrogen (secondary N) is 1. The van der Waals surface area contributed by atoms with Gasteiger partial charge in [0.1, 0.15) is 17.4 Å². The Balaban J connectivity index is 0.00000289. The molecule has 1 heterocycles. The maximum atomic E-state index is 13.3. The lowest BCUT2D eigenvalue weighted by Gasteiger charge is -2.64. The third-order valence-corrected chi connectivity index (χ3v) is 9.11. The van der Waals surface area contributed by atoms with E-state index < -0.39 is 5.41 Å². The van der Waals surface area contributed by atoms with Gasteiger partial charge in [-0.15, -0.1) is 0 Å². The number of rotatable bonds is 7. The molecule has 2 aromatic carbocycles. The van der Waals surface area contributed by atoms with Crippen molar-refractivity contribution in [2.24, 2.45) is 5.92 Å². The van der Waals surface area contributed by atoms with E-state index in [4.69, 9.17) is 14.2 Å². The number of hydrogen-bond acceptors (Lipinski definition) is 4. The van der Waals surface area contributed by atoms with Gasteiger partial charge >= 0.3 is 0 Å². The zero-order chi connectivity index (χ0) is 23.9. The number of aryl methyl sites for hydroxylation is 1. The number of likely N-dealkylation sites (tertiary alicyclic amines) is 1. The Bertz CT molecular complexity index is 1060. The number of piperidine rings is 1. The van der Waals surface area contributed by atoms with Crippen LogP contribution in [-0.2, 0) is 27.8 Å². The smallest absolute Gasteiger partial charge is 0.164 e. The molecular weight excluding hydrogens is 462 g/mol. The number of likely N-dealkylation sites (N-methyl/N-ethyl adjacent to an activating group) is 1. The Morgan fingerprint density at radius 3 is 2.54 bits per heavy atom. The number of hydrogen-bond donors (Lipinski definition) is 1. The molecule has 2 aromatic rings. The molecule has 6 heteroatoms. The summed E-state index contributed by atoms with van der Waals surface area (Å²) in [5.74, 6) is 1.76. The molecule has 0 amide bonds. The minimum absolute atomic E-state index is 0. The van der Waals surface area contributed by atoms with Crippen LogP contribution in [-0.4, -0.2) is 51.8 Å². The lowest BCUT2D eigenvalue weighted by atomic mass is 9.45. The van der Waals surface area contributed by atoms with Crippen molar-refractivity contribution < 1.29 is 36.3 Å². The van der Waals surface area contributed by atoms with Crippen LogP contribution in [0.15, 0.2) is 42.5 Å². The van der Waals surface area contributed by atoms with E-state index in [2.05, 4.69) is 50.4 Å². The number of methoxy groups -OCH3 is 2. The summed E-state index contributed by atoms with van der Waals surface area (Å²) in [4.78, 5) is 14.8. The van der Waals surface area contributed by atoms with Crippen molar-refractivity contribution >= 4 is 5.78 Å². The summed E-state index contributed by atoms with van der Waals surface area (Å²) in [5, 5.41) is 0. The quantitative estimate of drug-likeness (QED) is 0.552. The van der Waals surface area contributed by atoms with Gasteiger partial charge in [-0.1, -0.05) is 43.3 Å². The number of Topliss-reactive ketones (excluding diaryl/α,β-unsaturated/α-hetero) is 1. The molecule has 0 spiro atoms. The van der Waals surface area contributed by atoms with E-state index in [1.54, 1.807) is 14.2 Å². The standard InChI is InChI=1S/C29H37NO4.ClH/c1-20-23(31)14-15-29(34-18-8-11-21-9-6-5-7-10-21)25-19-22-12-13-24(32-3)27(33-4)26(22)28(20,29)16-17-30(25)2;/h5-7,9-10,12-13,20,25H,8,11,14-19H2,1-4H3;1H/t20-,25+,28-,29-;/m1./s1. The molecule has 5 rings (SSSR count). The highest BCUT2D eigenvalue weighted by Gasteiger charge is 2.71. The predicted molar refractivity (Wildman–Crippen MR) is 132 cm³/mol. The van der Waals surface area contributed by atoms with Gasteiger partial charge in [0.05, 0.1) is 27.8 Å². The fraction of sp³-hybridized carbons (Fsp3) is 0.552. The normalized spacial score (nSPS) is 31.1. The Morgan fingerprint density at radius 2 is 1.83 bits per heavy atom. The first kappa shape index (κ1) is 26.0. The number of halogens is 1. The molecule has 5 atom stereocenters. The zero-order valence-electron chi connectivity index (χ0n) is 21.4. The van der Waals surface area contributed by atoms with Crippen LogP contribution < -0.4 is 26.8 Å². The average molecular weight is 500 g/mol. The summed E-state index contributed by atoms with van der Waals surface area (Å²) in [7, 11) is 5.71. The SMILES string of the molecule is COc1ccc2c(c1OC)[C@]13CC[NH+](C)[C@@H](C2)[C@]1(OCCCc1ccccc1)CCC(=O)[C@H]3C.[Cl-]. The molecular formula is C29H38ClNO4. The Kier molecular flexibility index (Phi) is 7.51. The van der Waals surface area contributed by atoms with Crippen LogP contribution in [0.4, 0.5) is 0 Å². The van der Waals surface area contributed by atoms with Crippen LogP contribution in [0.3, 0.4) is 0 Å². The van der Waals surface area contributed by atoms with Crippen LogP contribution in [0.5, 0.6) is 11.5 Å². The predicted octanol–water partition coefficient (Wildman–Crippen LogP) is 0.176. The molecule has 2 fully saturated rings. The van der Waals surface area contributed by atoms with Crippen molar-refractivity contribution in [1.29, 1.82) is 0 Å². The van der Waals surface area contributed by atoms with Crippen molar-refractivity contribution in [3.05, 3.63) is 59.2 Å². The summed E-state index contributed by atoms with van der Waals surface area (Å²) < 4.78 is 18.8. The van der Waals surface area contributed by atoms with Crippen molar-refractivity contribution in [3.8, 4) is 11.5 Å². The van der Waals surface area contributed by atoms with E-state index >= 15 is 0 Å². The van der Waals surface area contributed by atoms with Gasteiger partial charge in [0, 0.05) is 42.8 Å². The summed E-state index contributed by atoms with van der Waals surface area (Å²) in [5.41, 5.74) is 3.01. The van der Waals surface area contributed by atoms with Crippen LogP contribution in [0.25, 0.3) is 0 Å². The van der Waals surface area contributed by atoms with Gasteiger partial charge in [0.15, 0.2) is 11.5 Å². The first-order valence-corrected chi connectivity index (χ1v) is 12.8. The lowest BCUT2D eigenvalue weighted by molar-refractivity contribution is -0.924.